The summed E-state index contributed by atoms with van der Waals surface area (Å²) in [6, 6.07) is 15.4. The second-order valence-corrected chi connectivity index (χ2v) is 6.45. The zero-order valence-electron chi connectivity index (χ0n) is 12.7. The van der Waals surface area contributed by atoms with Crippen molar-refractivity contribution in [3.63, 3.8) is 0 Å². The molecule has 0 fully saturated rings. The molecular formula is C17H15N5OS. The number of carbonyl (C=O) groups excluding carboxylic acids is 1. The Morgan fingerprint density at radius 2 is 2.00 bits per heavy atom. The average molecular weight is 337 g/mol. The van der Waals surface area contributed by atoms with Crippen LogP contribution in [0.25, 0.3) is 5.69 Å². The molecule has 0 saturated carbocycles. The summed E-state index contributed by atoms with van der Waals surface area (Å²) in [6.45, 7) is 0. The molecule has 1 aliphatic heterocycles. The summed E-state index contributed by atoms with van der Waals surface area (Å²) in [7, 11) is 0. The molecule has 0 radical (unpaired) electrons. The second-order valence-electron chi connectivity index (χ2n) is 5.39. The maximum absolute atomic E-state index is 12.2. The molecule has 1 aliphatic rings. The third-order valence-corrected chi connectivity index (χ3v) is 5.00. The third-order valence-electron chi connectivity index (χ3n) is 3.81. The Bertz CT molecular complexity index is 848. The Labute approximate surface area is 143 Å². The van der Waals surface area contributed by atoms with Crippen LogP contribution in [-0.2, 0) is 0 Å². The first kappa shape index (κ1) is 14.8. The van der Waals surface area contributed by atoms with E-state index in [0.29, 0.717) is 0 Å². The quantitative estimate of drug-likeness (QED) is 0.770. The monoisotopic (exact) mass is 337 g/mol. The van der Waals surface area contributed by atoms with Crippen LogP contribution in [0.2, 0.25) is 0 Å². The lowest BCUT2D eigenvalue weighted by Crippen LogP contribution is -2.32. The number of rotatable bonds is 3. The zero-order valence-corrected chi connectivity index (χ0v) is 13.5. The fourth-order valence-corrected chi connectivity index (χ4v) is 3.81. The Morgan fingerprint density at radius 1 is 1.17 bits per heavy atom. The molecule has 24 heavy (non-hydrogen) atoms. The van der Waals surface area contributed by atoms with Crippen molar-refractivity contribution in [3.05, 3.63) is 66.7 Å². The topological polar surface area (TPSA) is 71.8 Å². The van der Waals surface area contributed by atoms with E-state index in [-0.39, 0.29) is 12.1 Å². The minimum absolute atomic E-state index is 0.0422. The van der Waals surface area contributed by atoms with Crippen LogP contribution in [-0.4, -0.2) is 26.5 Å². The Kier molecular flexibility index (Phi) is 3.92. The van der Waals surface area contributed by atoms with Gasteiger partial charge in [0.1, 0.15) is 12.7 Å². The van der Waals surface area contributed by atoms with E-state index in [1.165, 1.54) is 16.8 Å². The molecule has 1 aromatic heterocycles. The van der Waals surface area contributed by atoms with Crippen LogP contribution in [0.4, 0.5) is 10.5 Å². The predicted molar refractivity (Wildman–Crippen MR) is 93.4 cm³/mol. The molecule has 0 aliphatic carbocycles. The number of hydrogen-bond donors (Lipinski definition) is 2. The van der Waals surface area contributed by atoms with Crippen LogP contribution in [0.5, 0.6) is 0 Å². The molecule has 0 spiro atoms. The molecule has 7 heteroatoms. The molecule has 4 rings (SSSR count). The normalized spacial score (nSPS) is 15.8. The summed E-state index contributed by atoms with van der Waals surface area (Å²) in [5.74, 6) is 0.859. The highest BCUT2D eigenvalue weighted by atomic mass is 32.2. The van der Waals surface area contributed by atoms with Gasteiger partial charge >= 0.3 is 6.03 Å². The lowest BCUT2D eigenvalue weighted by atomic mass is 10.1. The Morgan fingerprint density at radius 3 is 2.79 bits per heavy atom. The fourth-order valence-electron chi connectivity index (χ4n) is 2.65. The summed E-state index contributed by atoms with van der Waals surface area (Å²) >= 11 is 1.77. The molecule has 0 bridgehead atoms. The van der Waals surface area contributed by atoms with Gasteiger partial charge in [0.05, 0.1) is 11.7 Å². The predicted octanol–water partition coefficient (Wildman–Crippen LogP) is 3.24. The summed E-state index contributed by atoms with van der Waals surface area (Å²) in [6.07, 6.45) is 3.11. The largest absolute Gasteiger partial charge is 0.330 e. The lowest BCUT2D eigenvalue weighted by molar-refractivity contribution is 0.249. The van der Waals surface area contributed by atoms with E-state index in [4.69, 9.17) is 0 Å². The molecular weight excluding hydrogens is 322 g/mol. The Hall–Kier alpha value is -2.80. The zero-order chi connectivity index (χ0) is 16.4. The first-order valence-corrected chi connectivity index (χ1v) is 8.52. The van der Waals surface area contributed by atoms with E-state index in [0.717, 1.165) is 17.1 Å². The standard InChI is InChI=1S/C17H15N5OS/c23-17(21-15-9-24-16-4-2-1-3-14(15)16)20-12-5-7-13(8-6-12)22-11-18-10-19-22/h1-8,10-11,15H,9H2,(H2,20,21,23). The average Bonchev–Trinajstić information content (AvgIpc) is 3.26. The summed E-state index contributed by atoms with van der Waals surface area (Å²) in [5, 5.41) is 9.97. The fraction of sp³-hybridized carbons (Fsp3) is 0.118. The number of thioether (sulfide) groups is 1. The van der Waals surface area contributed by atoms with Crippen molar-refractivity contribution in [2.24, 2.45) is 0 Å². The van der Waals surface area contributed by atoms with E-state index >= 15 is 0 Å². The number of carbonyl (C=O) groups is 1. The van der Waals surface area contributed by atoms with E-state index < -0.39 is 0 Å². The molecule has 1 atom stereocenters. The van der Waals surface area contributed by atoms with E-state index in [1.807, 2.05) is 36.4 Å². The molecule has 0 saturated heterocycles. The van der Waals surface area contributed by atoms with Gasteiger partial charge < -0.3 is 10.6 Å². The molecule has 2 amide bonds. The van der Waals surface area contributed by atoms with E-state index in [9.17, 15) is 4.79 Å². The van der Waals surface area contributed by atoms with Gasteiger partial charge in [-0.15, -0.1) is 11.8 Å². The highest BCUT2D eigenvalue weighted by Gasteiger charge is 2.24. The summed E-state index contributed by atoms with van der Waals surface area (Å²) in [5.41, 5.74) is 2.80. The number of nitrogens with zero attached hydrogens (tertiary/aromatic N) is 3. The summed E-state index contributed by atoms with van der Waals surface area (Å²) < 4.78 is 1.66. The first-order chi connectivity index (χ1) is 11.8. The van der Waals surface area contributed by atoms with Crippen molar-refractivity contribution in [2.75, 3.05) is 11.1 Å². The van der Waals surface area contributed by atoms with Crippen LogP contribution in [0.15, 0.2) is 66.1 Å². The van der Waals surface area contributed by atoms with Crippen molar-refractivity contribution in [1.29, 1.82) is 0 Å². The number of hydrogen-bond acceptors (Lipinski definition) is 4. The molecule has 6 nitrogen and oxygen atoms in total. The number of amides is 2. The third kappa shape index (κ3) is 2.98. The second kappa shape index (κ2) is 6.37. The highest BCUT2D eigenvalue weighted by Crippen LogP contribution is 2.37. The van der Waals surface area contributed by atoms with Crippen molar-refractivity contribution in [2.45, 2.75) is 10.9 Å². The molecule has 120 valence electrons. The van der Waals surface area contributed by atoms with Gasteiger partial charge in [0.15, 0.2) is 0 Å². The van der Waals surface area contributed by atoms with Gasteiger partial charge in [-0.2, -0.15) is 5.10 Å². The smallest absolute Gasteiger partial charge is 0.319 e. The minimum atomic E-state index is -0.203. The maximum atomic E-state index is 12.2. The number of nitrogens with one attached hydrogen (secondary N) is 2. The summed E-state index contributed by atoms with van der Waals surface area (Å²) in [4.78, 5) is 17.4. The Balaban J connectivity index is 1.40. The van der Waals surface area contributed by atoms with Gasteiger partial charge in [0, 0.05) is 16.3 Å². The van der Waals surface area contributed by atoms with Crippen molar-refractivity contribution in [3.8, 4) is 5.69 Å². The highest BCUT2D eigenvalue weighted by molar-refractivity contribution is 7.99. The van der Waals surface area contributed by atoms with Crippen LogP contribution >= 0.6 is 11.8 Å². The van der Waals surface area contributed by atoms with E-state index in [1.54, 1.807) is 22.8 Å². The SMILES string of the molecule is O=C(Nc1ccc(-n2cncn2)cc1)NC1CSc2ccccc21. The molecule has 2 aromatic carbocycles. The molecule has 3 aromatic rings. The minimum Gasteiger partial charge on any atom is -0.330 e. The number of fused-ring (bicyclic) bond motifs is 1. The van der Waals surface area contributed by atoms with Crippen molar-refractivity contribution >= 4 is 23.5 Å². The van der Waals surface area contributed by atoms with Gasteiger partial charge in [-0.25, -0.2) is 14.5 Å². The first-order valence-electron chi connectivity index (χ1n) is 7.54. The number of benzene rings is 2. The van der Waals surface area contributed by atoms with Crippen LogP contribution in [0.1, 0.15) is 11.6 Å². The van der Waals surface area contributed by atoms with Gasteiger partial charge in [-0.3, -0.25) is 0 Å². The van der Waals surface area contributed by atoms with E-state index in [2.05, 4.69) is 32.8 Å². The molecule has 2 heterocycles. The van der Waals surface area contributed by atoms with Gasteiger partial charge in [0.2, 0.25) is 0 Å². The van der Waals surface area contributed by atoms with Crippen molar-refractivity contribution < 1.29 is 4.79 Å². The molecule has 2 N–H and O–H groups in total. The van der Waals surface area contributed by atoms with Crippen molar-refractivity contribution in [1.82, 2.24) is 20.1 Å². The van der Waals surface area contributed by atoms with Gasteiger partial charge in [0.25, 0.3) is 0 Å². The number of aromatic nitrogens is 3. The van der Waals surface area contributed by atoms with Crippen LogP contribution in [0, 0.1) is 0 Å². The number of anilines is 1. The van der Waals surface area contributed by atoms with Crippen LogP contribution < -0.4 is 10.6 Å². The van der Waals surface area contributed by atoms with Gasteiger partial charge in [-0.05, 0) is 35.9 Å². The van der Waals surface area contributed by atoms with Crippen LogP contribution in [0.3, 0.4) is 0 Å². The lowest BCUT2D eigenvalue weighted by Gasteiger charge is -2.14. The molecule has 1 unspecified atom stereocenters. The number of urea groups is 1. The maximum Gasteiger partial charge on any atom is 0.319 e. The van der Waals surface area contributed by atoms with Gasteiger partial charge in [-0.1, -0.05) is 18.2 Å².